The van der Waals surface area contributed by atoms with Crippen LogP contribution in [0.4, 0.5) is 8.78 Å². The summed E-state index contributed by atoms with van der Waals surface area (Å²) in [6, 6.07) is 7.71. The van der Waals surface area contributed by atoms with Gasteiger partial charge in [0, 0.05) is 17.2 Å². The van der Waals surface area contributed by atoms with Crippen LogP contribution in [0, 0.1) is 11.6 Å². The summed E-state index contributed by atoms with van der Waals surface area (Å²) in [6.45, 7) is 1.79. The maximum absolute atomic E-state index is 14.1. The molecule has 0 fully saturated rings. The summed E-state index contributed by atoms with van der Waals surface area (Å²) in [5, 5.41) is 9.10. The molecular weight excluding hydrogens is 290 g/mol. The zero-order valence-corrected chi connectivity index (χ0v) is 11.6. The zero-order chi connectivity index (χ0) is 15.9. The minimum atomic E-state index is -1.08. The van der Waals surface area contributed by atoms with Crippen LogP contribution < -0.4 is 4.74 Å². The van der Waals surface area contributed by atoms with E-state index in [-0.39, 0.29) is 17.2 Å². The van der Waals surface area contributed by atoms with E-state index in [1.807, 2.05) is 0 Å². The van der Waals surface area contributed by atoms with Gasteiger partial charge in [-0.3, -0.25) is 0 Å². The van der Waals surface area contributed by atoms with E-state index in [9.17, 15) is 13.6 Å². The molecule has 3 rings (SSSR count). The van der Waals surface area contributed by atoms with Gasteiger partial charge in [0.2, 0.25) is 0 Å². The molecule has 2 aromatic carbocycles. The molecule has 1 unspecified atom stereocenters. The number of ether oxygens (including phenoxy) is 1. The fourth-order valence-corrected chi connectivity index (χ4v) is 2.48. The van der Waals surface area contributed by atoms with Gasteiger partial charge in [0.25, 0.3) is 0 Å². The highest BCUT2D eigenvalue weighted by molar-refractivity contribution is 5.92. The zero-order valence-electron chi connectivity index (χ0n) is 11.6. The first-order valence-corrected chi connectivity index (χ1v) is 6.67. The van der Waals surface area contributed by atoms with Crippen molar-refractivity contribution < 1.29 is 23.4 Å². The van der Waals surface area contributed by atoms with Crippen molar-refractivity contribution >= 4 is 11.5 Å². The Kier molecular flexibility index (Phi) is 3.41. The first-order chi connectivity index (χ1) is 10.5. The highest BCUT2D eigenvalue weighted by atomic mass is 19.1. The monoisotopic (exact) mass is 302 g/mol. The van der Waals surface area contributed by atoms with E-state index in [0.717, 1.165) is 6.07 Å². The molecule has 1 N–H and O–H groups in total. The number of carbonyl (C=O) groups is 1. The van der Waals surface area contributed by atoms with Crippen LogP contribution in [-0.4, -0.2) is 17.2 Å². The van der Waals surface area contributed by atoms with Crippen LogP contribution in [0.3, 0.4) is 0 Å². The number of rotatable bonds is 2. The standard InChI is InChI=1S/C17H12F2O3/c1-9-6-13(12-4-3-11(18)8-15(12)19)14-7-10(17(20)21)2-5-16(14)22-9/h2-9H,1H3,(H,20,21). The van der Waals surface area contributed by atoms with Crippen molar-refractivity contribution in [3.63, 3.8) is 0 Å². The van der Waals surface area contributed by atoms with Gasteiger partial charge in [0.1, 0.15) is 23.5 Å². The van der Waals surface area contributed by atoms with Crippen LogP contribution in [0.15, 0.2) is 42.5 Å². The predicted molar refractivity (Wildman–Crippen MR) is 76.9 cm³/mol. The van der Waals surface area contributed by atoms with Crippen molar-refractivity contribution in [3.05, 3.63) is 70.8 Å². The molecular formula is C17H12F2O3. The normalized spacial score (nSPS) is 16.5. The van der Waals surface area contributed by atoms with Crippen LogP contribution in [0.2, 0.25) is 0 Å². The molecule has 112 valence electrons. The Balaban J connectivity index is 2.19. The van der Waals surface area contributed by atoms with Gasteiger partial charge in [-0.1, -0.05) is 0 Å². The first kappa shape index (κ1) is 14.3. The molecule has 0 amide bonds. The van der Waals surface area contributed by atoms with E-state index in [2.05, 4.69) is 0 Å². The second-order valence-electron chi connectivity index (χ2n) is 5.04. The molecule has 22 heavy (non-hydrogen) atoms. The van der Waals surface area contributed by atoms with Gasteiger partial charge in [-0.05, 0) is 48.9 Å². The number of carboxylic acid groups (broad SMARTS) is 1. The largest absolute Gasteiger partial charge is 0.486 e. The number of aromatic carboxylic acids is 1. The summed E-state index contributed by atoms with van der Waals surface area (Å²) in [6.07, 6.45) is 1.38. The Morgan fingerprint density at radius 2 is 1.91 bits per heavy atom. The van der Waals surface area contributed by atoms with Gasteiger partial charge in [0.15, 0.2) is 0 Å². The predicted octanol–water partition coefficient (Wildman–Crippen LogP) is 3.88. The fourth-order valence-electron chi connectivity index (χ4n) is 2.48. The van der Waals surface area contributed by atoms with Crippen LogP contribution >= 0.6 is 0 Å². The minimum absolute atomic E-state index is 0.0744. The van der Waals surface area contributed by atoms with E-state index < -0.39 is 17.6 Å². The second kappa shape index (κ2) is 5.26. The smallest absolute Gasteiger partial charge is 0.335 e. The van der Waals surface area contributed by atoms with E-state index >= 15 is 0 Å². The Bertz CT molecular complexity index is 796. The summed E-state index contributed by atoms with van der Waals surface area (Å²) < 4.78 is 32.8. The lowest BCUT2D eigenvalue weighted by atomic mass is 9.92. The molecule has 0 saturated heterocycles. The Morgan fingerprint density at radius 3 is 2.59 bits per heavy atom. The average molecular weight is 302 g/mol. The van der Waals surface area contributed by atoms with Gasteiger partial charge < -0.3 is 9.84 Å². The second-order valence-corrected chi connectivity index (χ2v) is 5.04. The van der Waals surface area contributed by atoms with Crippen molar-refractivity contribution in [1.82, 2.24) is 0 Å². The molecule has 0 spiro atoms. The molecule has 2 aromatic rings. The third-order valence-electron chi connectivity index (χ3n) is 3.45. The van der Waals surface area contributed by atoms with Crippen LogP contribution in [0.25, 0.3) is 5.57 Å². The number of hydrogen-bond donors (Lipinski definition) is 1. The lowest BCUT2D eigenvalue weighted by molar-refractivity contribution is 0.0697. The summed E-state index contributed by atoms with van der Waals surface area (Å²) >= 11 is 0. The van der Waals surface area contributed by atoms with Crippen molar-refractivity contribution in [1.29, 1.82) is 0 Å². The molecule has 1 aliphatic heterocycles. The van der Waals surface area contributed by atoms with Crippen molar-refractivity contribution in [2.45, 2.75) is 13.0 Å². The molecule has 3 nitrogen and oxygen atoms in total. The van der Waals surface area contributed by atoms with Gasteiger partial charge in [0.05, 0.1) is 5.56 Å². The summed E-state index contributed by atoms with van der Waals surface area (Å²) in [5.41, 5.74) is 1.25. The molecule has 1 aliphatic rings. The van der Waals surface area contributed by atoms with Crippen molar-refractivity contribution in [2.24, 2.45) is 0 Å². The molecule has 1 atom stereocenters. The van der Waals surface area contributed by atoms with Crippen LogP contribution in [0.5, 0.6) is 5.75 Å². The maximum Gasteiger partial charge on any atom is 0.335 e. The summed E-state index contributed by atoms with van der Waals surface area (Å²) in [7, 11) is 0. The molecule has 1 heterocycles. The molecule has 5 heteroatoms. The van der Waals surface area contributed by atoms with Gasteiger partial charge in [-0.25, -0.2) is 13.6 Å². The highest BCUT2D eigenvalue weighted by Crippen LogP contribution is 2.37. The topological polar surface area (TPSA) is 46.5 Å². The maximum atomic E-state index is 14.1. The van der Waals surface area contributed by atoms with E-state index in [4.69, 9.17) is 9.84 Å². The number of benzene rings is 2. The number of carboxylic acids is 1. The van der Waals surface area contributed by atoms with E-state index in [1.54, 1.807) is 19.1 Å². The van der Waals surface area contributed by atoms with Crippen molar-refractivity contribution in [2.75, 3.05) is 0 Å². The molecule has 0 saturated carbocycles. The van der Waals surface area contributed by atoms with Gasteiger partial charge in [-0.2, -0.15) is 0 Å². The third kappa shape index (κ3) is 2.45. The lowest BCUT2D eigenvalue weighted by Gasteiger charge is -2.24. The summed E-state index contributed by atoms with van der Waals surface area (Å²) in [4.78, 5) is 11.1. The van der Waals surface area contributed by atoms with Crippen LogP contribution in [-0.2, 0) is 0 Å². The Labute approximate surface area is 125 Å². The number of fused-ring (bicyclic) bond motifs is 1. The molecule has 0 aliphatic carbocycles. The number of hydrogen-bond acceptors (Lipinski definition) is 2. The SMILES string of the molecule is CC1C=C(c2ccc(F)cc2F)c2cc(C(=O)O)ccc2O1. The highest BCUT2D eigenvalue weighted by Gasteiger charge is 2.22. The van der Waals surface area contributed by atoms with E-state index in [1.165, 1.54) is 24.3 Å². The van der Waals surface area contributed by atoms with E-state index in [0.29, 0.717) is 16.9 Å². The van der Waals surface area contributed by atoms with Gasteiger partial charge in [-0.15, -0.1) is 0 Å². The van der Waals surface area contributed by atoms with Crippen LogP contribution in [0.1, 0.15) is 28.4 Å². The van der Waals surface area contributed by atoms with Crippen molar-refractivity contribution in [3.8, 4) is 5.75 Å². The summed E-state index contributed by atoms with van der Waals surface area (Å²) in [5.74, 6) is -1.98. The fraction of sp³-hybridized carbons (Fsp3) is 0.118. The quantitative estimate of drug-likeness (QED) is 0.916. The molecule has 0 radical (unpaired) electrons. The lowest BCUT2D eigenvalue weighted by Crippen LogP contribution is -2.16. The average Bonchev–Trinajstić information content (AvgIpc) is 2.46. The number of halogens is 2. The minimum Gasteiger partial charge on any atom is -0.486 e. The Hall–Kier alpha value is -2.69. The third-order valence-corrected chi connectivity index (χ3v) is 3.45. The molecule has 0 aromatic heterocycles. The first-order valence-electron chi connectivity index (χ1n) is 6.67. The van der Waals surface area contributed by atoms with Gasteiger partial charge >= 0.3 is 5.97 Å². The Morgan fingerprint density at radius 1 is 1.14 bits per heavy atom. The molecule has 0 bridgehead atoms.